The fourth-order valence-corrected chi connectivity index (χ4v) is 2.29. The molecule has 2 rings (SSSR count). The largest absolute Gasteiger partial charge is 0.398 e. The molecule has 0 saturated carbocycles. The lowest BCUT2D eigenvalue weighted by Gasteiger charge is -2.14. The average molecular weight is 353 g/mol. The van der Waals surface area contributed by atoms with Crippen LogP contribution in [-0.2, 0) is 9.63 Å². The van der Waals surface area contributed by atoms with Gasteiger partial charge in [0.25, 0.3) is 5.91 Å². The van der Waals surface area contributed by atoms with Gasteiger partial charge in [-0.15, -0.1) is 0 Å². The minimum atomic E-state index is -0.290. The minimum Gasteiger partial charge on any atom is -0.398 e. The van der Waals surface area contributed by atoms with Crippen molar-refractivity contribution in [1.29, 1.82) is 0 Å². The second kappa shape index (κ2) is 8.80. The van der Waals surface area contributed by atoms with Crippen LogP contribution >= 0.6 is 0 Å². The molecule has 6 nitrogen and oxygen atoms in total. The van der Waals surface area contributed by atoms with E-state index in [2.05, 4.69) is 10.3 Å². The molecule has 0 fully saturated rings. The highest BCUT2D eigenvalue weighted by Gasteiger charge is 2.21. The number of carbonyl (C=O) groups is 1. The summed E-state index contributed by atoms with van der Waals surface area (Å²) in [4.78, 5) is 24.3. The van der Waals surface area contributed by atoms with Gasteiger partial charge in [-0.3, -0.25) is 4.79 Å². The quantitative estimate of drug-likeness (QED) is 0.592. The molecule has 0 unspecified atom stereocenters. The Hall–Kier alpha value is -3.15. The number of oxime groups is 2. The number of amides is 1. The third-order valence-corrected chi connectivity index (χ3v) is 3.65. The van der Waals surface area contributed by atoms with Crippen molar-refractivity contribution in [3.63, 3.8) is 0 Å². The van der Waals surface area contributed by atoms with E-state index in [4.69, 9.17) is 9.68 Å². The molecular formula is C20H23N3O3. The Balaban J connectivity index is 2.35. The molecule has 136 valence electrons. The highest BCUT2D eigenvalue weighted by atomic mass is 16.6. The Morgan fingerprint density at radius 3 is 2.42 bits per heavy atom. The fraction of sp³-hybridized carbons (Fsp3) is 0.250. The van der Waals surface area contributed by atoms with Crippen molar-refractivity contribution in [2.75, 3.05) is 21.2 Å². The molecule has 0 N–H and O–H groups in total. The highest BCUT2D eigenvalue weighted by molar-refractivity contribution is 6.45. The standard InChI is InChI=1S/C20H23N3O3/c1-14-9-8-10-16(13-14)15(2)21-26-18-12-7-6-11-17(18)19(22-25-5)20(24)23(3)4/h6-13H,1-5H3/b21-15+,22-19-. The number of carbonyl (C=O) groups excluding carboxylic acids is 1. The maximum absolute atomic E-state index is 12.4. The molecule has 0 aliphatic carbocycles. The molecule has 0 radical (unpaired) electrons. The molecule has 0 aliphatic heterocycles. The molecule has 26 heavy (non-hydrogen) atoms. The maximum Gasteiger partial charge on any atom is 0.276 e. The van der Waals surface area contributed by atoms with Gasteiger partial charge in [-0.25, -0.2) is 0 Å². The van der Waals surface area contributed by atoms with Gasteiger partial charge in [0.15, 0.2) is 11.5 Å². The molecule has 0 bridgehead atoms. The predicted molar refractivity (Wildman–Crippen MR) is 103 cm³/mol. The van der Waals surface area contributed by atoms with E-state index < -0.39 is 0 Å². The zero-order valence-electron chi connectivity index (χ0n) is 15.7. The zero-order chi connectivity index (χ0) is 19.1. The van der Waals surface area contributed by atoms with Crippen LogP contribution in [0.1, 0.15) is 23.6 Å². The minimum absolute atomic E-state index is 0.150. The molecule has 6 heteroatoms. The Kier molecular flexibility index (Phi) is 6.49. The van der Waals surface area contributed by atoms with Gasteiger partial charge in [0.2, 0.25) is 0 Å². The van der Waals surface area contributed by atoms with E-state index in [0.29, 0.717) is 11.3 Å². The van der Waals surface area contributed by atoms with Crippen LogP contribution in [0.2, 0.25) is 0 Å². The van der Waals surface area contributed by atoms with E-state index in [1.807, 2.05) is 38.1 Å². The van der Waals surface area contributed by atoms with Gasteiger partial charge in [-0.1, -0.05) is 52.3 Å². The lowest BCUT2D eigenvalue weighted by molar-refractivity contribution is -0.121. The van der Waals surface area contributed by atoms with Gasteiger partial charge >= 0.3 is 0 Å². The SMILES string of the molecule is CO/N=C(\C(=O)N(C)C)c1ccccc1O/N=C(\C)c1cccc(C)c1. The number of aryl methyl sites for hydroxylation is 1. The third-order valence-electron chi connectivity index (χ3n) is 3.65. The number of hydrogen-bond acceptors (Lipinski definition) is 5. The molecule has 0 spiro atoms. The Morgan fingerprint density at radius 1 is 1.04 bits per heavy atom. The number of rotatable bonds is 6. The smallest absolute Gasteiger partial charge is 0.276 e. The van der Waals surface area contributed by atoms with Gasteiger partial charge in [-0.2, -0.15) is 0 Å². The Labute approximate surface area is 153 Å². The average Bonchev–Trinajstić information content (AvgIpc) is 2.64. The number of hydrogen-bond donors (Lipinski definition) is 0. The summed E-state index contributed by atoms with van der Waals surface area (Å²) in [7, 11) is 4.69. The summed E-state index contributed by atoms with van der Waals surface area (Å²) in [5, 5.41) is 8.08. The van der Waals surface area contributed by atoms with E-state index >= 15 is 0 Å². The normalized spacial score (nSPS) is 11.9. The summed E-state index contributed by atoms with van der Waals surface area (Å²) < 4.78 is 0. The van der Waals surface area contributed by atoms with E-state index in [1.165, 1.54) is 12.0 Å². The van der Waals surface area contributed by atoms with Crippen molar-refractivity contribution in [2.24, 2.45) is 10.3 Å². The van der Waals surface area contributed by atoms with Crippen molar-refractivity contribution in [3.05, 3.63) is 65.2 Å². The van der Waals surface area contributed by atoms with E-state index in [9.17, 15) is 4.79 Å². The monoisotopic (exact) mass is 353 g/mol. The maximum atomic E-state index is 12.4. The van der Waals surface area contributed by atoms with Crippen molar-refractivity contribution in [1.82, 2.24) is 4.90 Å². The summed E-state index contributed by atoms with van der Waals surface area (Å²) in [6.45, 7) is 3.89. The molecule has 0 aliphatic rings. The highest BCUT2D eigenvalue weighted by Crippen LogP contribution is 2.21. The molecule has 1 amide bonds. The van der Waals surface area contributed by atoms with Crippen LogP contribution in [-0.4, -0.2) is 43.4 Å². The van der Waals surface area contributed by atoms with Gasteiger partial charge in [-0.05, 0) is 31.5 Å². The summed E-state index contributed by atoms with van der Waals surface area (Å²) in [6.07, 6.45) is 0. The second-order valence-electron chi connectivity index (χ2n) is 5.96. The van der Waals surface area contributed by atoms with E-state index in [-0.39, 0.29) is 11.6 Å². The zero-order valence-corrected chi connectivity index (χ0v) is 15.7. The van der Waals surface area contributed by atoms with Crippen LogP contribution in [0.4, 0.5) is 0 Å². The van der Waals surface area contributed by atoms with Gasteiger partial charge in [0.1, 0.15) is 7.11 Å². The van der Waals surface area contributed by atoms with Gasteiger partial charge in [0.05, 0.1) is 11.3 Å². The van der Waals surface area contributed by atoms with Crippen LogP contribution in [0.15, 0.2) is 58.8 Å². The number of likely N-dealkylation sites (N-methyl/N-ethyl adjacent to an activating group) is 1. The first-order valence-electron chi connectivity index (χ1n) is 8.15. The molecular weight excluding hydrogens is 330 g/mol. The van der Waals surface area contributed by atoms with Gasteiger partial charge < -0.3 is 14.6 Å². The molecule has 0 heterocycles. The molecule has 2 aromatic carbocycles. The Morgan fingerprint density at radius 2 is 1.77 bits per heavy atom. The van der Waals surface area contributed by atoms with Crippen LogP contribution in [0, 0.1) is 6.92 Å². The number of nitrogens with zero attached hydrogens (tertiary/aromatic N) is 3. The first-order chi connectivity index (χ1) is 12.4. The summed E-state index contributed by atoms with van der Waals surface area (Å²) >= 11 is 0. The lowest BCUT2D eigenvalue weighted by atomic mass is 10.1. The van der Waals surface area contributed by atoms with Crippen molar-refractivity contribution < 1.29 is 14.5 Å². The van der Waals surface area contributed by atoms with Crippen LogP contribution < -0.4 is 4.84 Å². The summed E-state index contributed by atoms with van der Waals surface area (Å²) in [5.41, 5.74) is 3.50. The lowest BCUT2D eigenvalue weighted by Crippen LogP contribution is -2.31. The van der Waals surface area contributed by atoms with Gasteiger partial charge in [0, 0.05) is 14.1 Å². The molecule has 2 aromatic rings. The van der Waals surface area contributed by atoms with Crippen molar-refractivity contribution in [3.8, 4) is 5.75 Å². The third kappa shape index (κ3) is 4.69. The van der Waals surface area contributed by atoms with Crippen molar-refractivity contribution in [2.45, 2.75) is 13.8 Å². The second-order valence-corrected chi connectivity index (χ2v) is 5.96. The topological polar surface area (TPSA) is 63.5 Å². The van der Waals surface area contributed by atoms with Crippen LogP contribution in [0.3, 0.4) is 0 Å². The predicted octanol–water partition coefficient (Wildman–Crippen LogP) is 3.24. The summed E-state index contributed by atoms with van der Waals surface area (Å²) in [5.74, 6) is 0.132. The number of benzene rings is 2. The van der Waals surface area contributed by atoms with Crippen LogP contribution in [0.5, 0.6) is 5.75 Å². The van der Waals surface area contributed by atoms with Crippen LogP contribution in [0.25, 0.3) is 0 Å². The van der Waals surface area contributed by atoms with Crippen molar-refractivity contribution >= 4 is 17.3 Å². The summed E-state index contributed by atoms with van der Waals surface area (Å²) in [6, 6.07) is 15.1. The van der Waals surface area contributed by atoms with E-state index in [0.717, 1.165) is 16.8 Å². The molecule has 0 aromatic heterocycles. The first-order valence-corrected chi connectivity index (χ1v) is 8.15. The van der Waals surface area contributed by atoms with E-state index in [1.54, 1.807) is 38.4 Å². The molecule has 0 saturated heterocycles. The first kappa shape index (κ1) is 19.2. The number of para-hydroxylation sites is 1. The fourth-order valence-electron chi connectivity index (χ4n) is 2.29. The molecule has 0 atom stereocenters. The Bertz CT molecular complexity index is 842.